The molecule has 1 saturated heterocycles. The molecule has 22 heavy (non-hydrogen) atoms. The summed E-state index contributed by atoms with van der Waals surface area (Å²) in [5, 5.41) is 0. The number of carbonyl (C=O) groups is 2. The van der Waals surface area contributed by atoms with E-state index in [1.807, 2.05) is 11.8 Å². The quantitative estimate of drug-likeness (QED) is 0.689. The van der Waals surface area contributed by atoms with Crippen LogP contribution in [0.15, 0.2) is 0 Å². The van der Waals surface area contributed by atoms with E-state index >= 15 is 0 Å². The minimum Gasteiger partial charge on any atom is -0.383 e. The van der Waals surface area contributed by atoms with Gasteiger partial charge in [0, 0.05) is 33.2 Å². The van der Waals surface area contributed by atoms with Gasteiger partial charge >= 0.3 is 0 Å². The molecular formula is C17H32N2O3. The third-order valence-electron chi connectivity index (χ3n) is 3.93. The third kappa shape index (κ3) is 5.27. The van der Waals surface area contributed by atoms with Crippen LogP contribution in [0.4, 0.5) is 0 Å². The van der Waals surface area contributed by atoms with Crippen LogP contribution in [0.3, 0.4) is 0 Å². The van der Waals surface area contributed by atoms with E-state index in [1.54, 1.807) is 12.0 Å². The van der Waals surface area contributed by atoms with Crippen LogP contribution in [0.5, 0.6) is 0 Å². The van der Waals surface area contributed by atoms with E-state index in [4.69, 9.17) is 4.74 Å². The van der Waals surface area contributed by atoms with Crippen molar-refractivity contribution in [3.63, 3.8) is 0 Å². The fourth-order valence-electron chi connectivity index (χ4n) is 3.05. The highest BCUT2D eigenvalue weighted by Crippen LogP contribution is 2.23. The third-order valence-corrected chi connectivity index (χ3v) is 3.93. The number of amides is 2. The van der Waals surface area contributed by atoms with Crippen molar-refractivity contribution in [3.05, 3.63) is 0 Å². The number of hydrogen-bond donors (Lipinski definition) is 0. The smallest absolute Gasteiger partial charge is 0.228 e. The second-order valence-electron chi connectivity index (χ2n) is 7.28. The first-order valence-electron chi connectivity index (χ1n) is 8.33. The van der Waals surface area contributed by atoms with Crippen molar-refractivity contribution in [1.82, 2.24) is 9.80 Å². The lowest BCUT2D eigenvalue weighted by atomic mass is 10.0. The molecule has 0 saturated carbocycles. The maximum atomic E-state index is 12.8. The predicted molar refractivity (Wildman–Crippen MR) is 87.4 cm³/mol. The second-order valence-corrected chi connectivity index (χ2v) is 7.28. The van der Waals surface area contributed by atoms with Gasteiger partial charge in [-0.15, -0.1) is 0 Å². The number of carbonyl (C=O) groups excluding carboxylic acids is 2. The normalized spacial score (nSPS) is 20.1. The maximum Gasteiger partial charge on any atom is 0.228 e. The second kappa shape index (κ2) is 8.51. The SMILES string of the molecule is COC[C@@H](C)N1C[C@H](C(=O)N(CC(C)C)CC(C)C)CC1=O. The Kier molecular flexibility index (Phi) is 7.33. The van der Waals surface area contributed by atoms with E-state index in [2.05, 4.69) is 27.7 Å². The summed E-state index contributed by atoms with van der Waals surface area (Å²) in [6.07, 6.45) is 0.333. The molecule has 1 aliphatic heterocycles. The van der Waals surface area contributed by atoms with Crippen molar-refractivity contribution in [2.45, 2.75) is 47.1 Å². The Morgan fingerprint density at radius 3 is 2.23 bits per heavy atom. The lowest BCUT2D eigenvalue weighted by Gasteiger charge is -2.29. The molecular weight excluding hydrogens is 280 g/mol. The van der Waals surface area contributed by atoms with Gasteiger partial charge in [-0.1, -0.05) is 27.7 Å². The minimum atomic E-state index is -0.204. The van der Waals surface area contributed by atoms with Crippen molar-refractivity contribution in [3.8, 4) is 0 Å². The first-order chi connectivity index (χ1) is 10.3. The van der Waals surface area contributed by atoms with Crippen LogP contribution in [0.25, 0.3) is 0 Å². The first-order valence-corrected chi connectivity index (χ1v) is 8.33. The summed E-state index contributed by atoms with van der Waals surface area (Å²) in [7, 11) is 1.63. The van der Waals surface area contributed by atoms with Crippen LogP contribution in [0.1, 0.15) is 41.0 Å². The summed E-state index contributed by atoms with van der Waals surface area (Å²) < 4.78 is 5.12. The number of methoxy groups -OCH3 is 1. The van der Waals surface area contributed by atoms with Crippen LogP contribution < -0.4 is 0 Å². The number of likely N-dealkylation sites (tertiary alicyclic amines) is 1. The molecule has 0 aromatic heterocycles. The summed E-state index contributed by atoms with van der Waals surface area (Å²) in [5.74, 6) is 0.857. The molecule has 0 aromatic rings. The Hall–Kier alpha value is -1.10. The average molecular weight is 312 g/mol. The fourth-order valence-corrected chi connectivity index (χ4v) is 3.05. The van der Waals surface area contributed by atoms with Gasteiger partial charge in [0.1, 0.15) is 0 Å². The van der Waals surface area contributed by atoms with Crippen LogP contribution in [-0.4, -0.2) is 61.0 Å². The topological polar surface area (TPSA) is 49.9 Å². The highest BCUT2D eigenvalue weighted by molar-refractivity contribution is 5.89. The summed E-state index contributed by atoms with van der Waals surface area (Å²) in [6, 6.07) is 0.0268. The number of nitrogens with zero attached hydrogens (tertiary/aromatic N) is 2. The Morgan fingerprint density at radius 2 is 1.77 bits per heavy atom. The molecule has 0 bridgehead atoms. The first kappa shape index (κ1) is 18.9. The molecule has 2 amide bonds. The van der Waals surface area contributed by atoms with E-state index in [-0.39, 0.29) is 23.8 Å². The fraction of sp³-hybridized carbons (Fsp3) is 0.882. The van der Waals surface area contributed by atoms with Gasteiger partial charge in [0.15, 0.2) is 0 Å². The Labute approximate surface area is 135 Å². The van der Waals surface area contributed by atoms with Crippen LogP contribution in [0.2, 0.25) is 0 Å². The lowest BCUT2D eigenvalue weighted by molar-refractivity contribution is -0.136. The molecule has 0 aliphatic carbocycles. The zero-order valence-corrected chi connectivity index (χ0v) is 15.0. The largest absolute Gasteiger partial charge is 0.383 e. The highest BCUT2D eigenvalue weighted by atomic mass is 16.5. The van der Waals surface area contributed by atoms with Crippen LogP contribution in [0, 0.1) is 17.8 Å². The van der Waals surface area contributed by atoms with Gasteiger partial charge < -0.3 is 14.5 Å². The van der Waals surface area contributed by atoms with Crippen LogP contribution >= 0.6 is 0 Å². The molecule has 5 heteroatoms. The number of rotatable bonds is 8. The van der Waals surface area contributed by atoms with E-state index in [9.17, 15) is 9.59 Å². The Bertz CT molecular complexity index is 372. The molecule has 2 atom stereocenters. The molecule has 1 fully saturated rings. The van der Waals surface area contributed by atoms with E-state index in [1.165, 1.54) is 0 Å². The average Bonchev–Trinajstić information content (AvgIpc) is 2.78. The molecule has 1 aliphatic rings. The van der Waals surface area contributed by atoms with Crippen LogP contribution in [-0.2, 0) is 14.3 Å². The van der Waals surface area contributed by atoms with Crippen molar-refractivity contribution >= 4 is 11.8 Å². The zero-order valence-electron chi connectivity index (χ0n) is 15.0. The summed E-state index contributed by atoms with van der Waals surface area (Å²) in [6.45, 7) is 13.0. The number of ether oxygens (including phenoxy) is 1. The van der Waals surface area contributed by atoms with E-state index in [0.717, 1.165) is 13.1 Å². The molecule has 0 aromatic carbocycles. The Morgan fingerprint density at radius 1 is 1.23 bits per heavy atom. The molecule has 0 spiro atoms. The Balaban J connectivity index is 2.72. The van der Waals surface area contributed by atoms with E-state index < -0.39 is 0 Å². The molecule has 0 unspecified atom stereocenters. The van der Waals surface area contributed by atoms with E-state index in [0.29, 0.717) is 31.4 Å². The summed E-state index contributed by atoms with van der Waals surface area (Å²) in [4.78, 5) is 28.7. The summed E-state index contributed by atoms with van der Waals surface area (Å²) >= 11 is 0. The number of hydrogen-bond acceptors (Lipinski definition) is 3. The van der Waals surface area contributed by atoms with Gasteiger partial charge in [0.2, 0.25) is 11.8 Å². The van der Waals surface area contributed by atoms with Gasteiger partial charge in [-0.3, -0.25) is 9.59 Å². The van der Waals surface area contributed by atoms with Crippen molar-refractivity contribution in [2.24, 2.45) is 17.8 Å². The highest BCUT2D eigenvalue weighted by Gasteiger charge is 2.38. The van der Waals surface area contributed by atoms with Crippen molar-refractivity contribution < 1.29 is 14.3 Å². The van der Waals surface area contributed by atoms with Crippen molar-refractivity contribution in [1.29, 1.82) is 0 Å². The van der Waals surface area contributed by atoms with Gasteiger partial charge in [0.25, 0.3) is 0 Å². The van der Waals surface area contributed by atoms with Gasteiger partial charge in [-0.05, 0) is 18.8 Å². The van der Waals surface area contributed by atoms with Crippen molar-refractivity contribution in [2.75, 3.05) is 33.4 Å². The van der Waals surface area contributed by atoms with Gasteiger partial charge in [0.05, 0.1) is 18.6 Å². The molecule has 1 heterocycles. The molecule has 1 rings (SSSR count). The standard InChI is InChI=1S/C17H32N2O3/c1-12(2)8-18(9-13(3)4)17(21)15-7-16(20)19(10-15)14(5)11-22-6/h12-15H,7-11H2,1-6H3/t14-,15-/m1/s1. The zero-order chi connectivity index (χ0) is 16.9. The van der Waals surface area contributed by atoms with Gasteiger partial charge in [-0.25, -0.2) is 0 Å². The molecule has 5 nitrogen and oxygen atoms in total. The summed E-state index contributed by atoms with van der Waals surface area (Å²) in [5.41, 5.74) is 0. The predicted octanol–water partition coefficient (Wildman–Crippen LogP) is 2.01. The lowest BCUT2D eigenvalue weighted by Crippen LogP contribution is -2.42. The molecule has 0 radical (unpaired) electrons. The monoisotopic (exact) mass is 312 g/mol. The maximum absolute atomic E-state index is 12.8. The minimum absolute atomic E-state index is 0.0268. The molecule has 0 N–H and O–H groups in total. The molecule has 128 valence electrons. The van der Waals surface area contributed by atoms with Gasteiger partial charge in [-0.2, -0.15) is 0 Å².